The smallest absolute Gasteiger partial charge is 0.341 e. The molecule has 47 heavy (non-hydrogen) atoms. The number of hydrogen-bond acceptors (Lipinski definition) is 4. The first-order chi connectivity index (χ1) is 23.0. The van der Waals surface area contributed by atoms with E-state index in [1.54, 1.807) is 24.3 Å². The number of carbonyl (C=O) groups is 2. The number of hydrogen-bond donors (Lipinski definition) is 2. The van der Waals surface area contributed by atoms with Crippen LogP contribution in [0, 0.1) is 0 Å². The standard InChI is InChI=1S/C41H30O6/c42-39(43)25-46-29-21-17-27(18-22-29)31-9-1-5-13-35(31)41(37-15-7-3-11-33(37)34-12-4-8-16-38(34)41)36-14-6-2-10-32(36)28-19-23-30(24-20-28)47-26-40(44)45/h1-24H,25-26H2,(H,42,43)(H,44,45). The molecular formula is C41H30O6. The zero-order valence-corrected chi connectivity index (χ0v) is 25.3. The Balaban J connectivity index is 1.47. The largest absolute Gasteiger partial charge is 0.482 e. The molecule has 7 rings (SSSR count). The lowest BCUT2D eigenvalue weighted by Gasteiger charge is -2.37. The first-order valence-electron chi connectivity index (χ1n) is 15.3. The predicted octanol–water partition coefficient (Wildman–Crippen LogP) is 8.31. The summed E-state index contributed by atoms with van der Waals surface area (Å²) in [6, 6.07) is 49.1. The molecule has 6 heteroatoms. The van der Waals surface area contributed by atoms with Crippen molar-refractivity contribution >= 4 is 11.9 Å². The molecule has 0 fully saturated rings. The molecule has 0 aliphatic heterocycles. The summed E-state index contributed by atoms with van der Waals surface area (Å²) in [7, 11) is 0. The van der Waals surface area contributed by atoms with E-state index in [0.29, 0.717) is 11.5 Å². The van der Waals surface area contributed by atoms with Crippen LogP contribution < -0.4 is 9.47 Å². The first kappa shape index (κ1) is 29.6. The van der Waals surface area contributed by atoms with E-state index in [1.807, 2.05) is 36.4 Å². The quantitative estimate of drug-likeness (QED) is 0.160. The number of carboxylic acids is 2. The van der Waals surface area contributed by atoms with Crippen molar-refractivity contribution in [2.45, 2.75) is 5.41 Å². The minimum absolute atomic E-state index is 0.407. The molecule has 0 atom stereocenters. The second-order valence-electron chi connectivity index (χ2n) is 11.3. The van der Waals surface area contributed by atoms with Gasteiger partial charge in [-0.3, -0.25) is 0 Å². The van der Waals surface area contributed by atoms with Gasteiger partial charge in [0.05, 0.1) is 5.41 Å². The van der Waals surface area contributed by atoms with Crippen LogP contribution in [0.5, 0.6) is 11.5 Å². The third-order valence-corrected chi connectivity index (χ3v) is 8.67. The van der Waals surface area contributed by atoms with Gasteiger partial charge in [0.2, 0.25) is 0 Å². The van der Waals surface area contributed by atoms with Crippen LogP contribution in [0.1, 0.15) is 22.3 Å². The summed E-state index contributed by atoms with van der Waals surface area (Å²) in [5, 5.41) is 18.1. The zero-order valence-electron chi connectivity index (χ0n) is 25.3. The molecule has 6 nitrogen and oxygen atoms in total. The van der Waals surface area contributed by atoms with Crippen molar-refractivity contribution in [3.63, 3.8) is 0 Å². The maximum absolute atomic E-state index is 11.1. The Morgan fingerprint density at radius 3 is 1.06 bits per heavy atom. The molecule has 0 aromatic heterocycles. The summed E-state index contributed by atoms with van der Waals surface area (Å²) in [6.45, 7) is -0.813. The SMILES string of the molecule is O=C(O)COc1ccc(-c2ccccc2C2(c3ccccc3-c3ccc(OCC(=O)O)cc3)c3ccccc3-c3ccccc32)cc1. The van der Waals surface area contributed by atoms with Crippen LogP contribution >= 0.6 is 0 Å². The molecule has 6 aromatic carbocycles. The number of rotatable bonds is 10. The van der Waals surface area contributed by atoms with Gasteiger partial charge in [-0.05, 0) is 79.9 Å². The molecular weight excluding hydrogens is 588 g/mol. The van der Waals surface area contributed by atoms with Gasteiger partial charge >= 0.3 is 11.9 Å². The minimum Gasteiger partial charge on any atom is -0.482 e. The van der Waals surface area contributed by atoms with Gasteiger partial charge in [0, 0.05) is 0 Å². The Kier molecular flexibility index (Phi) is 7.76. The summed E-state index contributed by atoms with van der Waals surface area (Å²) in [5.74, 6) is -1.08. The highest BCUT2D eigenvalue weighted by Gasteiger charge is 2.48. The van der Waals surface area contributed by atoms with Gasteiger partial charge in [-0.25, -0.2) is 9.59 Å². The third kappa shape index (κ3) is 5.30. The van der Waals surface area contributed by atoms with Gasteiger partial charge in [-0.15, -0.1) is 0 Å². The van der Waals surface area contributed by atoms with E-state index in [2.05, 4.69) is 84.9 Å². The summed E-state index contributed by atoms with van der Waals surface area (Å²) in [4.78, 5) is 22.1. The Hall–Kier alpha value is -6.14. The highest BCUT2D eigenvalue weighted by atomic mass is 16.5. The van der Waals surface area contributed by atoms with E-state index in [-0.39, 0.29) is 0 Å². The summed E-state index contributed by atoms with van der Waals surface area (Å²) >= 11 is 0. The van der Waals surface area contributed by atoms with Crippen LogP contribution in [0.2, 0.25) is 0 Å². The van der Waals surface area contributed by atoms with Crippen LogP contribution in [0.4, 0.5) is 0 Å². The van der Waals surface area contributed by atoms with Gasteiger partial charge in [0.1, 0.15) is 11.5 Å². The summed E-state index contributed by atoms with van der Waals surface area (Å²) in [6.07, 6.45) is 0. The molecule has 0 heterocycles. The Morgan fingerprint density at radius 2 is 0.723 bits per heavy atom. The molecule has 0 spiro atoms. The van der Waals surface area contributed by atoms with Crippen molar-refractivity contribution in [1.29, 1.82) is 0 Å². The van der Waals surface area contributed by atoms with E-state index in [1.165, 1.54) is 22.3 Å². The van der Waals surface area contributed by atoms with E-state index >= 15 is 0 Å². The predicted molar refractivity (Wildman–Crippen MR) is 181 cm³/mol. The molecule has 0 saturated heterocycles. The molecule has 0 amide bonds. The fourth-order valence-corrected chi connectivity index (χ4v) is 6.84. The van der Waals surface area contributed by atoms with Crippen molar-refractivity contribution in [3.8, 4) is 44.9 Å². The van der Waals surface area contributed by atoms with Crippen molar-refractivity contribution in [1.82, 2.24) is 0 Å². The van der Waals surface area contributed by atoms with Crippen LogP contribution in [0.3, 0.4) is 0 Å². The molecule has 1 aliphatic rings. The third-order valence-electron chi connectivity index (χ3n) is 8.67. The lowest BCUT2D eigenvalue weighted by Crippen LogP contribution is -2.30. The van der Waals surface area contributed by atoms with Crippen LogP contribution in [-0.2, 0) is 15.0 Å². The van der Waals surface area contributed by atoms with Gasteiger partial charge < -0.3 is 19.7 Å². The fraction of sp³-hybridized carbons (Fsp3) is 0.0732. The highest BCUT2D eigenvalue weighted by Crippen LogP contribution is 2.59. The normalized spacial score (nSPS) is 12.5. The zero-order chi connectivity index (χ0) is 32.4. The second kappa shape index (κ2) is 12.3. The average Bonchev–Trinajstić information content (AvgIpc) is 3.41. The molecule has 0 bridgehead atoms. The molecule has 0 radical (unpaired) electrons. The number of fused-ring (bicyclic) bond motifs is 3. The van der Waals surface area contributed by atoms with Crippen molar-refractivity contribution in [2.24, 2.45) is 0 Å². The van der Waals surface area contributed by atoms with Crippen molar-refractivity contribution in [3.05, 3.63) is 168 Å². The van der Waals surface area contributed by atoms with Gasteiger partial charge in [0.15, 0.2) is 13.2 Å². The Morgan fingerprint density at radius 1 is 0.426 bits per heavy atom. The van der Waals surface area contributed by atoms with E-state index in [0.717, 1.165) is 33.4 Å². The number of carboxylic acid groups (broad SMARTS) is 2. The fourth-order valence-electron chi connectivity index (χ4n) is 6.84. The van der Waals surface area contributed by atoms with Gasteiger partial charge in [-0.2, -0.15) is 0 Å². The Bertz CT molecular complexity index is 1940. The molecule has 230 valence electrons. The summed E-state index contributed by atoms with van der Waals surface area (Å²) in [5.41, 5.74) is 10.2. The first-order valence-corrected chi connectivity index (χ1v) is 15.3. The van der Waals surface area contributed by atoms with E-state index in [4.69, 9.17) is 19.7 Å². The van der Waals surface area contributed by atoms with Gasteiger partial charge in [-0.1, -0.05) is 121 Å². The van der Waals surface area contributed by atoms with Crippen LogP contribution in [-0.4, -0.2) is 35.4 Å². The average molecular weight is 619 g/mol. The maximum atomic E-state index is 11.1. The Labute approximate surface area is 272 Å². The van der Waals surface area contributed by atoms with Crippen LogP contribution in [0.15, 0.2) is 146 Å². The number of ether oxygens (including phenoxy) is 2. The molecule has 0 saturated carbocycles. The van der Waals surface area contributed by atoms with E-state index < -0.39 is 30.6 Å². The lowest BCUT2D eigenvalue weighted by molar-refractivity contribution is -0.140. The molecule has 1 aliphatic carbocycles. The van der Waals surface area contributed by atoms with Crippen LogP contribution in [0.25, 0.3) is 33.4 Å². The van der Waals surface area contributed by atoms with Gasteiger partial charge in [0.25, 0.3) is 0 Å². The van der Waals surface area contributed by atoms with Crippen molar-refractivity contribution in [2.75, 3.05) is 13.2 Å². The highest BCUT2D eigenvalue weighted by molar-refractivity contribution is 5.91. The lowest BCUT2D eigenvalue weighted by atomic mass is 9.64. The molecule has 2 N–H and O–H groups in total. The monoisotopic (exact) mass is 618 g/mol. The van der Waals surface area contributed by atoms with Crippen molar-refractivity contribution < 1.29 is 29.3 Å². The minimum atomic E-state index is -1.03. The molecule has 6 aromatic rings. The number of aliphatic carboxylic acids is 2. The topological polar surface area (TPSA) is 93.1 Å². The summed E-state index contributed by atoms with van der Waals surface area (Å²) < 4.78 is 10.9. The molecule has 0 unspecified atom stereocenters. The maximum Gasteiger partial charge on any atom is 0.341 e. The number of benzene rings is 6. The van der Waals surface area contributed by atoms with E-state index in [9.17, 15) is 9.59 Å². The second-order valence-corrected chi connectivity index (χ2v) is 11.3.